The van der Waals surface area contributed by atoms with Crippen molar-refractivity contribution in [1.82, 2.24) is 19.8 Å². The van der Waals surface area contributed by atoms with Crippen LogP contribution < -0.4 is 0 Å². The fourth-order valence-electron chi connectivity index (χ4n) is 2.49. The molecule has 9 heteroatoms. The van der Waals surface area contributed by atoms with E-state index in [0.29, 0.717) is 29.3 Å². The van der Waals surface area contributed by atoms with Gasteiger partial charge < -0.3 is 0 Å². The van der Waals surface area contributed by atoms with Gasteiger partial charge in [0.15, 0.2) is 28.9 Å². The van der Waals surface area contributed by atoms with E-state index >= 15 is 0 Å². The van der Waals surface area contributed by atoms with Gasteiger partial charge in [-0.05, 0) is 18.2 Å². The van der Waals surface area contributed by atoms with Crippen molar-refractivity contribution in [3.05, 3.63) is 58.8 Å². The molecular weight excluding hydrogens is 332 g/mol. The molecule has 3 aromatic rings. The molecule has 0 aliphatic rings. The van der Waals surface area contributed by atoms with Gasteiger partial charge in [-0.15, -0.1) is 10.2 Å². The maximum absolute atomic E-state index is 13.9. The summed E-state index contributed by atoms with van der Waals surface area (Å²) in [5, 5.41) is 12.4. The van der Waals surface area contributed by atoms with Crippen LogP contribution in [0.1, 0.15) is 47.5 Å². The van der Waals surface area contributed by atoms with Gasteiger partial charge in [0.1, 0.15) is 13.7 Å². The summed E-state index contributed by atoms with van der Waals surface area (Å²) in [6, 6.07) is 4.16. The van der Waals surface area contributed by atoms with Crippen LogP contribution in [0, 0.1) is 17.5 Å². The van der Waals surface area contributed by atoms with Gasteiger partial charge in [0.05, 0.1) is 11.3 Å². The summed E-state index contributed by atoms with van der Waals surface area (Å²) in [5.74, 6) is -4.59. The lowest BCUT2D eigenvalue weighted by atomic mass is 9.78. The highest BCUT2D eigenvalue weighted by Crippen LogP contribution is 2.22. The second-order valence-corrected chi connectivity index (χ2v) is 6.07. The highest BCUT2D eigenvalue weighted by Gasteiger charge is 2.24. The van der Waals surface area contributed by atoms with E-state index < -0.39 is 34.6 Å². The Balaban J connectivity index is 2.01. The number of hydrogen-bond acceptors (Lipinski definition) is 4. The lowest BCUT2D eigenvalue weighted by Gasteiger charge is -2.12. The molecule has 1 atom stereocenters. The van der Waals surface area contributed by atoms with Crippen LogP contribution in [0.5, 0.6) is 0 Å². The second kappa shape index (κ2) is 6.31. The van der Waals surface area contributed by atoms with Crippen molar-refractivity contribution in [3.63, 3.8) is 0 Å². The molecule has 0 radical (unpaired) electrons. The van der Waals surface area contributed by atoms with Crippen molar-refractivity contribution < 1.29 is 18.0 Å². The number of nitrogens with zero attached hydrogens (tertiary/aromatic N) is 4. The van der Waals surface area contributed by atoms with E-state index in [0.717, 1.165) is 0 Å². The minimum Gasteiger partial charge on any atom is -0.294 e. The lowest BCUT2D eigenvalue weighted by molar-refractivity contribution is 0.0980. The molecule has 0 aliphatic carbocycles. The van der Waals surface area contributed by atoms with Crippen LogP contribution >= 0.6 is 0 Å². The summed E-state index contributed by atoms with van der Waals surface area (Å²) < 4.78 is 41.8. The first-order valence-corrected chi connectivity index (χ1v) is 7.70. The summed E-state index contributed by atoms with van der Waals surface area (Å²) in [6.07, 6.45) is 0. The highest BCUT2D eigenvalue weighted by atomic mass is 19.2. The molecule has 0 saturated heterocycles. The molecule has 2 heterocycles. The summed E-state index contributed by atoms with van der Waals surface area (Å²) in [5.41, 5.74) is 0.357. The largest absolute Gasteiger partial charge is 0.294 e. The van der Waals surface area contributed by atoms with Gasteiger partial charge in [0.2, 0.25) is 0 Å². The van der Waals surface area contributed by atoms with Gasteiger partial charge in [-0.2, -0.15) is 9.61 Å². The van der Waals surface area contributed by atoms with Crippen LogP contribution in [0.3, 0.4) is 0 Å². The van der Waals surface area contributed by atoms with Crippen molar-refractivity contribution in [1.29, 1.82) is 0 Å². The topological polar surface area (TPSA) is 60.2 Å². The van der Waals surface area contributed by atoms with Crippen LogP contribution in [0.15, 0.2) is 24.3 Å². The number of ketones is 1. The number of hydrogen-bond donors (Lipinski definition) is 0. The predicted octanol–water partition coefficient (Wildman–Crippen LogP) is 2.22. The molecule has 128 valence electrons. The first-order valence-electron chi connectivity index (χ1n) is 7.70. The molecule has 0 spiro atoms. The third-order valence-corrected chi connectivity index (χ3v) is 3.94. The molecule has 25 heavy (non-hydrogen) atoms. The second-order valence-electron chi connectivity index (χ2n) is 6.07. The fraction of sp³-hybridized carbons (Fsp3) is 0.250. The maximum Gasteiger partial charge on any atom is 0.177 e. The quantitative estimate of drug-likeness (QED) is 0.413. The summed E-state index contributed by atoms with van der Waals surface area (Å²) in [4.78, 5) is 12.5. The number of benzene rings is 1. The first-order chi connectivity index (χ1) is 11.8. The van der Waals surface area contributed by atoms with Crippen molar-refractivity contribution >= 4 is 19.3 Å². The van der Waals surface area contributed by atoms with Gasteiger partial charge in [-0.3, -0.25) is 4.79 Å². The van der Waals surface area contributed by atoms with Crippen molar-refractivity contribution in [3.8, 4) is 0 Å². The van der Waals surface area contributed by atoms with Gasteiger partial charge in [0.25, 0.3) is 0 Å². The van der Waals surface area contributed by atoms with Gasteiger partial charge in [-0.25, -0.2) is 13.2 Å². The molecule has 0 N–H and O–H groups in total. The number of carbonyl (C=O) groups is 1. The Bertz CT molecular complexity index is 973. The Kier molecular flexibility index (Phi) is 4.32. The third-order valence-electron chi connectivity index (χ3n) is 3.94. The minimum absolute atomic E-state index is 0.0624. The van der Waals surface area contributed by atoms with Crippen molar-refractivity contribution in [2.75, 3.05) is 0 Å². The van der Waals surface area contributed by atoms with Crippen LogP contribution in [0.2, 0.25) is 0 Å². The Morgan fingerprint density at radius 1 is 1.08 bits per heavy atom. The third kappa shape index (κ3) is 3.01. The zero-order chi connectivity index (χ0) is 18.3. The molecule has 3 rings (SSSR count). The molecule has 0 bridgehead atoms. The Hall–Kier alpha value is -2.71. The molecule has 0 amide bonds. The van der Waals surface area contributed by atoms with E-state index in [1.807, 2.05) is 13.8 Å². The van der Waals surface area contributed by atoms with E-state index in [9.17, 15) is 18.0 Å². The summed E-state index contributed by atoms with van der Waals surface area (Å²) >= 11 is 0. The molecule has 0 saturated carbocycles. The highest BCUT2D eigenvalue weighted by molar-refractivity contribution is 6.28. The average Bonchev–Trinajstić information content (AvgIpc) is 3.00. The number of halogens is 3. The van der Waals surface area contributed by atoms with E-state index in [-0.39, 0.29) is 5.92 Å². The zero-order valence-corrected chi connectivity index (χ0v) is 13.8. The SMILES string of the molecule is BC(C(=O)c1cc(F)c(F)cc1F)c1ccc2nnc(C(C)C)n2n1. The summed E-state index contributed by atoms with van der Waals surface area (Å²) in [6.45, 7) is 3.85. The van der Waals surface area contributed by atoms with Gasteiger partial charge in [-0.1, -0.05) is 13.8 Å². The lowest BCUT2D eigenvalue weighted by Crippen LogP contribution is -2.18. The molecule has 0 fully saturated rings. The smallest absolute Gasteiger partial charge is 0.177 e. The van der Waals surface area contributed by atoms with E-state index in [1.165, 1.54) is 12.4 Å². The predicted molar refractivity (Wildman–Crippen MR) is 86.8 cm³/mol. The van der Waals surface area contributed by atoms with Crippen molar-refractivity contribution in [2.24, 2.45) is 0 Å². The molecular formula is C16H14BF3N4O. The Labute approximate surface area is 142 Å². The fourth-order valence-corrected chi connectivity index (χ4v) is 2.49. The molecule has 1 aromatic carbocycles. The van der Waals surface area contributed by atoms with Gasteiger partial charge >= 0.3 is 0 Å². The van der Waals surface area contributed by atoms with E-state index in [2.05, 4.69) is 15.3 Å². The van der Waals surface area contributed by atoms with Crippen LogP contribution in [0.4, 0.5) is 13.2 Å². The van der Waals surface area contributed by atoms with Crippen LogP contribution in [-0.2, 0) is 0 Å². The number of carbonyl (C=O) groups excluding carboxylic acids is 1. The number of Topliss-reactive ketones (excluding diaryl/α,β-unsaturated/α-hetero) is 1. The zero-order valence-electron chi connectivity index (χ0n) is 13.8. The van der Waals surface area contributed by atoms with Crippen LogP contribution in [0.25, 0.3) is 5.65 Å². The van der Waals surface area contributed by atoms with E-state index in [1.54, 1.807) is 12.1 Å². The summed E-state index contributed by atoms with van der Waals surface area (Å²) in [7, 11) is 1.52. The normalized spacial score (nSPS) is 12.7. The molecule has 0 aliphatic heterocycles. The Morgan fingerprint density at radius 3 is 2.44 bits per heavy atom. The van der Waals surface area contributed by atoms with Gasteiger partial charge in [0, 0.05) is 17.8 Å². The maximum atomic E-state index is 13.9. The number of aromatic nitrogens is 4. The minimum atomic E-state index is -1.34. The molecule has 5 nitrogen and oxygen atoms in total. The van der Waals surface area contributed by atoms with Crippen molar-refractivity contribution in [2.45, 2.75) is 25.6 Å². The number of fused-ring (bicyclic) bond motifs is 1. The molecule has 2 aromatic heterocycles. The van der Waals surface area contributed by atoms with E-state index in [4.69, 9.17) is 0 Å². The monoisotopic (exact) mass is 346 g/mol. The van der Waals surface area contributed by atoms with Crippen LogP contribution in [-0.4, -0.2) is 33.4 Å². The standard InChI is InChI=1S/C16H14BF3N4O/c1-7(2)16-22-21-13-4-3-12(23-24(13)16)14(17)15(25)8-5-10(19)11(20)6-9(8)18/h3-7,14H,17H2,1-2H3. The number of rotatable bonds is 4. The first kappa shape index (κ1) is 17.1. The Morgan fingerprint density at radius 2 is 1.76 bits per heavy atom. The average molecular weight is 346 g/mol. The molecule has 1 unspecified atom stereocenters.